The van der Waals surface area contributed by atoms with Crippen LogP contribution in [0.5, 0.6) is 0 Å². The van der Waals surface area contributed by atoms with Gasteiger partial charge in [0.05, 0.1) is 6.42 Å². The first-order valence-corrected chi connectivity index (χ1v) is 10.5. The zero-order chi connectivity index (χ0) is 19.7. The lowest BCUT2D eigenvalue weighted by molar-refractivity contribution is -0.154. The van der Waals surface area contributed by atoms with Gasteiger partial charge in [0, 0.05) is 6.92 Å². The number of unbranched alkanes of at least 4 members (excludes halogenated alkanes) is 8. The fraction of sp³-hybridized carbons (Fsp3) is 0.652. The predicted molar refractivity (Wildman–Crippen MR) is 108 cm³/mol. The van der Waals surface area contributed by atoms with Crippen LogP contribution in [0.25, 0.3) is 0 Å². The number of ether oxygens (including phenoxy) is 2. The van der Waals surface area contributed by atoms with Gasteiger partial charge in [-0.25, -0.2) is 0 Å². The third-order valence-corrected chi connectivity index (χ3v) is 4.60. The number of rotatable bonds is 15. The van der Waals surface area contributed by atoms with E-state index in [4.69, 9.17) is 9.47 Å². The normalized spacial score (nSPS) is 11.8. The van der Waals surface area contributed by atoms with E-state index in [0.717, 1.165) is 24.8 Å². The van der Waals surface area contributed by atoms with Crippen LogP contribution in [0.4, 0.5) is 0 Å². The Kier molecular flexibility index (Phi) is 13.1. The van der Waals surface area contributed by atoms with Crippen molar-refractivity contribution in [3.05, 3.63) is 35.9 Å². The largest absolute Gasteiger partial charge is 0.462 e. The van der Waals surface area contributed by atoms with Gasteiger partial charge in [-0.1, -0.05) is 88.6 Å². The molecule has 0 heterocycles. The molecule has 1 aromatic carbocycles. The molecule has 0 bridgehead atoms. The summed E-state index contributed by atoms with van der Waals surface area (Å²) in [5, 5.41) is 0. The summed E-state index contributed by atoms with van der Waals surface area (Å²) in [5.41, 5.74) is 0.953. The Hall–Kier alpha value is -1.84. The van der Waals surface area contributed by atoms with Gasteiger partial charge in [0.15, 0.2) is 0 Å². The fourth-order valence-corrected chi connectivity index (χ4v) is 3.10. The van der Waals surface area contributed by atoms with E-state index < -0.39 is 0 Å². The summed E-state index contributed by atoms with van der Waals surface area (Å²) in [6, 6.07) is 9.58. The summed E-state index contributed by atoms with van der Waals surface area (Å²) in [6.45, 7) is 3.88. The Morgan fingerprint density at radius 1 is 0.889 bits per heavy atom. The van der Waals surface area contributed by atoms with Crippen molar-refractivity contribution in [3.8, 4) is 0 Å². The molecular formula is C23H36O4. The summed E-state index contributed by atoms with van der Waals surface area (Å²) in [4.78, 5) is 23.4. The lowest BCUT2D eigenvalue weighted by Crippen LogP contribution is -2.21. The number of hydrogen-bond acceptors (Lipinski definition) is 4. The first kappa shape index (κ1) is 23.2. The zero-order valence-corrected chi connectivity index (χ0v) is 17.1. The van der Waals surface area contributed by atoms with E-state index in [1.54, 1.807) is 0 Å². The zero-order valence-electron chi connectivity index (χ0n) is 17.1. The van der Waals surface area contributed by atoms with Gasteiger partial charge in [0.25, 0.3) is 0 Å². The topological polar surface area (TPSA) is 52.6 Å². The summed E-state index contributed by atoms with van der Waals surface area (Å²) in [6.07, 6.45) is 11.6. The molecule has 0 saturated carbocycles. The molecule has 0 amide bonds. The van der Waals surface area contributed by atoms with E-state index in [0.29, 0.717) is 0 Å². The molecule has 0 fully saturated rings. The lowest BCUT2D eigenvalue weighted by atomic mass is 10.0. The van der Waals surface area contributed by atoms with Crippen molar-refractivity contribution in [3.63, 3.8) is 0 Å². The molecule has 0 aliphatic carbocycles. The number of carbonyl (C=O) groups excluding carboxylic acids is 2. The van der Waals surface area contributed by atoms with E-state index in [-0.39, 0.29) is 31.1 Å². The Morgan fingerprint density at radius 2 is 1.48 bits per heavy atom. The second-order valence-corrected chi connectivity index (χ2v) is 7.20. The first-order valence-electron chi connectivity index (χ1n) is 10.5. The van der Waals surface area contributed by atoms with Crippen LogP contribution in [0.1, 0.15) is 90.0 Å². The summed E-state index contributed by atoms with van der Waals surface area (Å²) >= 11 is 0. The molecule has 0 aliphatic rings. The highest BCUT2D eigenvalue weighted by Gasteiger charge is 2.17. The number of benzene rings is 1. The molecule has 27 heavy (non-hydrogen) atoms. The minimum Gasteiger partial charge on any atom is -0.462 e. The fourth-order valence-electron chi connectivity index (χ4n) is 3.10. The highest BCUT2D eigenvalue weighted by Crippen LogP contribution is 2.15. The van der Waals surface area contributed by atoms with Crippen LogP contribution in [0.3, 0.4) is 0 Å². The van der Waals surface area contributed by atoms with Gasteiger partial charge >= 0.3 is 11.9 Å². The molecule has 4 nitrogen and oxygen atoms in total. The molecule has 1 rings (SSSR count). The molecule has 1 aromatic rings. The Morgan fingerprint density at radius 3 is 2.07 bits per heavy atom. The van der Waals surface area contributed by atoms with E-state index in [1.165, 1.54) is 51.9 Å². The second-order valence-electron chi connectivity index (χ2n) is 7.20. The van der Waals surface area contributed by atoms with E-state index in [2.05, 4.69) is 6.92 Å². The monoisotopic (exact) mass is 376 g/mol. The Labute approximate surface area is 164 Å². The second kappa shape index (κ2) is 15.2. The van der Waals surface area contributed by atoms with Crippen molar-refractivity contribution in [1.29, 1.82) is 0 Å². The van der Waals surface area contributed by atoms with Crippen LogP contribution in [-0.4, -0.2) is 18.0 Å². The third-order valence-electron chi connectivity index (χ3n) is 4.60. The van der Waals surface area contributed by atoms with Crippen molar-refractivity contribution in [1.82, 2.24) is 0 Å². The van der Waals surface area contributed by atoms with Gasteiger partial charge in [0.1, 0.15) is 12.7 Å². The maximum atomic E-state index is 12.1. The predicted octanol–water partition coefficient (Wildman–Crippen LogP) is 5.97. The third kappa shape index (κ3) is 13.0. The molecule has 0 aromatic heterocycles. The maximum Gasteiger partial charge on any atom is 0.309 e. The van der Waals surface area contributed by atoms with Crippen LogP contribution in [0.2, 0.25) is 0 Å². The lowest BCUT2D eigenvalue weighted by Gasteiger charge is -2.16. The molecule has 0 aliphatic heterocycles. The molecule has 4 heteroatoms. The smallest absolute Gasteiger partial charge is 0.309 e. The molecular weight excluding hydrogens is 340 g/mol. The molecule has 1 atom stereocenters. The van der Waals surface area contributed by atoms with Crippen molar-refractivity contribution < 1.29 is 19.1 Å². The van der Waals surface area contributed by atoms with Crippen LogP contribution in [0.15, 0.2) is 30.3 Å². The molecule has 0 saturated heterocycles. The molecule has 1 unspecified atom stereocenters. The quantitative estimate of drug-likeness (QED) is 0.279. The van der Waals surface area contributed by atoms with Crippen molar-refractivity contribution in [2.24, 2.45) is 0 Å². The molecule has 152 valence electrons. The summed E-state index contributed by atoms with van der Waals surface area (Å²) < 4.78 is 10.6. The Bertz CT molecular complexity index is 512. The van der Waals surface area contributed by atoms with Gasteiger partial charge in [-0.05, 0) is 18.4 Å². The van der Waals surface area contributed by atoms with Crippen LogP contribution in [-0.2, 0) is 25.7 Å². The Balaban J connectivity index is 2.19. The van der Waals surface area contributed by atoms with Gasteiger partial charge in [-0.15, -0.1) is 0 Å². The standard InChI is InChI=1S/C23H36O4/c1-3-4-5-6-7-8-9-10-14-17-22(27-20(2)24)18-23(25)26-19-21-15-12-11-13-16-21/h11-13,15-16,22H,3-10,14,17-19H2,1-2H3. The van der Waals surface area contributed by atoms with E-state index in [9.17, 15) is 9.59 Å². The van der Waals surface area contributed by atoms with Gasteiger partial charge in [-0.3, -0.25) is 9.59 Å². The van der Waals surface area contributed by atoms with Crippen molar-refractivity contribution in [2.75, 3.05) is 0 Å². The minimum atomic E-state index is -0.379. The van der Waals surface area contributed by atoms with Crippen molar-refractivity contribution >= 4 is 11.9 Å². The highest BCUT2D eigenvalue weighted by molar-refractivity contribution is 5.71. The van der Waals surface area contributed by atoms with Crippen LogP contribution >= 0.6 is 0 Å². The maximum absolute atomic E-state index is 12.1. The first-order chi connectivity index (χ1) is 13.1. The van der Waals surface area contributed by atoms with Crippen LogP contribution < -0.4 is 0 Å². The average molecular weight is 377 g/mol. The summed E-state index contributed by atoms with van der Waals surface area (Å²) in [5.74, 6) is -0.659. The molecule has 0 spiro atoms. The highest BCUT2D eigenvalue weighted by atomic mass is 16.6. The molecule has 0 N–H and O–H groups in total. The van der Waals surface area contributed by atoms with Gasteiger partial charge in [-0.2, -0.15) is 0 Å². The number of hydrogen-bond donors (Lipinski definition) is 0. The molecule has 0 radical (unpaired) electrons. The van der Waals surface area contributed by atoms with E-state index in [1.807, 2.05) is 30.3 Å². The SMILES string of the molecule is CCCCCCCCCCCC(CC(=O)OCc1ccccc1)OC(C)=O. The average Bonchev–Trinajstić information content (AvgIpc) is 2.65. The van der Waals surface area contributed by atoms with Crippen LogP contribution in [0, 0.1) is 0 Å². The number of carbonyl (C=O) groups is 2. The van der Waals surface area contributed by atoms with E-state index >= 15 is 0 Å². The summed E-state index contributed by atoms with van der Waals surface area (Å²) in [7, 11) is 0. The van der Waals surface area contributed by atoms with Gasteiger partial charge < -0.3 is 9.47 Å². The van der Waals surface area contributed by atoms with Gasteiger partial charge in [0.2, 0.25) is 0 Å². The van der Waals surface area contributed by atoms with Crippen molar-refractivity contribution in [2.45, 2.75) is 97.2 Å². The minimum absolute atomic E-state index is 0.128. The number of esters is 2.